The van der Waals surface area contributed by atoms with E-state index < -0.39 is 0 Å². The molecule has 0 unspecified atom stereocenters. The number of aromatic nitrogens is 1. The van der Waals surface area contributed by atoms with Crippen molar-refractivity contribution >= 4 is 102 Å². The summed E-state index contributed by atoms with van der Waals surface area (Å²) in [7, 11) is 0. The van der Waals surface area contributed by atoms with Crippen LogP contribution in [0.25, 0.3) is 0 Å². The minimum atomic E-state index is 0.583. The highest BCUT2D eigenvalue weighted by molar-refractivity contribution is 14.1. The van der Waals surface area contributed by atoms with Gasteiger partial charge in [0.15, 0.2) is 5.82 Å². The molecular weight excluding hydrogens is 610 g/mol. The zero-order valence-electron chi connectivity index (χ0n) is 5.54. The van der Waals surface area contributed by atoms with Crippen LogP contribution in [0.2, 0.25) is 0 Å². The van der Waals surface area contributed by atoms with Gasteiger partial charge in [-0.25, -0.2) is 4.98 Å². The summed E-state index contributed by atoms with van der Waals surface area (Å²) in [6, 6.07) is 0. The maximum Gasteiger partial charge on any atom is 0.151 e. The summed E-state index contributed by atoms with van der Waals surface area (Å²) in [6.07, 6.45) is 0. The zero-order valence-corrected chi connectivity index (χ0v) is 14.2. The van der Waals surface area contributed by atoms with Crippen LogP contribution in [0.1, 0.15) is 0 Å². The van der Waals surface area contributed by atoms with Crippen LogP contribution in [-0.2, 0) is 0 Å². The molecule has 0 aromatic carbocycles. The van der Waals surface area contributed by atoms with E-state index in [0.29, 0.717) is 5.82 Å². The molecule has 0 saturated carbocycles. The van der Waals surface area contributed by atoms with Gasteiger partial charge in [0.25, 0.3) is 0 Å². The molecule has 0 aliphatic carbocycles. The molecule has 1 aromatic heterocycles. The minimum absolute atomic E-state index is 0.583. The molecule has 0 radical (unpaired) electrons. The third-order valence-electron chi connectivity index (χ3n) is 1.14. The number of hydrogen-bond donors (Lipinski definition) is 2. The number of nitrogens with zero attached hydrogens (tertiary/aromatic N) is 1. The first-order chi connectivity index (χ1) is 5.57. The van der Waals surface area contributed by atoms with Crippen LogP contribution in [-0.4, -0.2) is 4.98 Å². The fourth-order valence-corrected chi connectivity index (χ4v) is 3.46. The Bertz CT molecular complexity index is 314. The number of anilines is 2. The molecule has 0 aliphatic heterocycles. The van der Waals surface area contributed by atoms with Crippen LogP contribution in [0.3, 0.4) is 0 Å². The fourth-order valence-electron chi connectivity index (χ4n) is 0.594. The van der Waals surface area contributed by atoms with Crippen molar-refractivity contribution in [3.05, 3.63) is 10.7 Å². The molecule has 3 N–H and O–H groups in total. The van der Waals surface area contributed by atoms with E-state index >= 15 is 0 Å². The van der Waals surface area contributed by atoms with Gasteiger partial charge in [0.2, 0.25) is 0 Å². The molecular formula is C5H3I4N3. The first-order valence-electron chi connectivity index (χ1n) is 2.74. The highest BCUT2D eigenvalue weighted by atomic mass is 127. The van der Waals surface area contributed by atoms with E-state index in [-0.39, 0.29) is 0 Å². The molecule has 0 fully saturated rings. The van der Waals surface area contributed by atoms with Crippen molar-refractivity contribution in [1.82, 2.24) is 4.98 Å². The summed E-state index contributed by atoms with van der Waals surface area (Å²) >= 11 is 8.76. The second-order valence-electron chi connectivity index (χ2n) is 1.88. The SMILES string of the molecule is Nc1nc(NI)c(I)c(I)c1I. The van der Waals surface area contributed by atoms with Gasteiger partial charge in [0.1, 0.15) is 5.82 Å². The smallest absolute Gasteiger partial charge is 0.151 e. The van der Waals surface area contributed by atoms with Gasteiger partial charge >= 0.3 is 0 Å². The lowest BCUT2D eigenvalue weighted by molar-refractivity contribution is 1.29. The van der Waals surface area contributed by atoms with E-state index in [1.807, 2.05) is 22.9 Å². The normalized spacial score (nSPS) is 10.0. The number of pyridine rings is 1. The topological polar surface area (TPSA) is 50.9 Å². The second-order valence-corrected chi connectivity index (χ2v) is 5.66. The van der Waals surface area contributed by atoms with Crippen LogP contribution in [0.5, 0.6) is 0 Å². The van der Waals surface area contributed by atoms with Gasteiger partial charge in [-0.1, -0.05) is 0 Å². The van der Waals surface area contributed by atoms with E-state index in [0.717, 1.165) is 16.5 Å². The summed E-state index contributed by atoms with van der Waals surface area (Å²) in [5.74, 6) is 1.41. The van der Waals surface area contributed by atoms with Crippen LogP contribution < -0.4 is 9.26 Å². The Balaban J connectivity index is 3.39. The fraction of sp³-hybridized carbons (Fsp3) is 0. The van der Waals surface area contributed by atoms with Crippen molar-refractivity contribution in [3.8, 4) is 0 Å². The van der Waals surface area contributed by atoms with E-state index in [1.165, 1.54) is 0 Å². The van der Waals surface area contributed by atoms with Crippen LogP contribution >= 0.6 is 90.6 Å². The highest BCUT2D eigenvalue weighted by Gasteiger charge is 2.11. The van der Waals surface area contributed by atoms with Crippen molar-refractivity contribution in [2.75, 3.05) is 9.26 Å². The molecule has 0 bridgehead atoms. The molecule has 3 nitrogen and oxygen atoms in total. The van der Waals surface area contributed by atoms with Gasteiger partial charge in [-0.2, -0.15) is 0 Å². The Morgan fingerprint density at radius 1 is 1.08 bits per heavy atom. The largest absolute Gasteiger partial charge is 0.383 e. The average Bonchev–Trinajstić information content (AvgIpc) is 2.08. The highest BCUT2D eigenvalue weighted by Crippen LogP contribution is 2.29. The molecule has 0 amide bonds. The lowest BCUT2D eigenvalue weighted by atomic mass is 10.4. The van der Waals surface area contributed by atoms with Crippen molar-refractivity contribution in [2.45, 2.75) is 0 Å². The quantitative estimate of drug-likeness (QED) is 0.379. The number of nitrogens with one attached hydrogen (secondary N) is 1. The molecule has 7 heteroatoms. The van der Waals surface area contributed by atoms with E-state index in [1.54, 1.807) is 0 Å². The molecule has 1 heterocycles. The van der Waals surface area contributed by atoms with E-state index in [9.17, 15) is 0 Å². The number of halogens is 4. The monoisotopic (exact) mass is 613 g/mol. The van der Waals surface area contributed by atoms with E-state index in [2.05, 4.69) is 76.3 Å². The second kappa shape index (κ2) is 4.95. The predicted molar refractivity (Wildman–Crippen MR) is 84.4 cm³/mol. The van der Waals surface area contributed by atoms with Gasteiger partial charge in [-0.3, -0.25) is 0 Å². The van der Waals surface area contributed by atoms with Gasteiger partial charge in [0.05, 0.1) is 30.0 Å². The Morgan fingerprint density at radius 2 is 1.67 bits per heavy atom. The molecule has 0 spiro atoms. The maximum absolute atomic E-state index is 5.70. The van der Waals surface area contributed by atoms with Crippen molar-refractivity contribution in [3.63, 3.8) is 0 Å². The van der Waals surface area contributed by atoms with Gasteiger partial charge in [-0.15, -0.1) is 0 Å². The molecule has 1 aromatic rings. The predicted octanol–water partition coefficient (Wildman–Crippen LogP) is 3.24. The lowest BCUT2D eigenvalue weighted by Crippen LogP contribution is -2.02. The Labute approximate surface area is 125 Å². The van der Waals surface area contributed by atoms with E-state index in [4.69, 9.17) is 5.73 Å². The van der Waals surface area contributed by atoms with Crippen molar-refractivity contribution < 1.29 is 0 Å². The summed E-state index contributed by atoms with van der Waals surface area (Å²) in [4.78, 5) is 4.19. The van der Waals surface area contributed by atoms with Gasteiger partial charge in [0, 0.05) is 3.57 Å². The molecule has 0 aliphatic rings. The Kier molecular flexibility index (Phi) is 4.84. The zero-order chi connectivity index (χ0) is 9.30. The van der Waals surface area contributed by atoms with Gasteiger partial charge in [-0.05, 0) is 67.8 Å². The molecule has 1 rings (SSSR count). The maximum atomic E-state index is 5.70. The summed E-state index contributed by atoms with van der Waals surface area (Å²) in [5, 5.41) is 0. The number of rotatable bonds is 1. The van der Waals surface area contributed by atoms with Gasteiger partial charge < -0.3 is 9.26 Å². The average molecular weight is 613 g/mol. The molecule has 66 valence electrons. The summed E-state index contributed by atoms with van der Waals surface area (Å²) in [5.41, 5.74) is 5.70. The Hall–Kier alpha value is 1.67. The number of nitrogens with two attached hydrogens (primary N) is 1. The minimum Gasteiger partial charge on any atom is -0.383 e. The standard InChI is InChI=1S/C5H3I4N3/c6-1-2(7)4(10)11-5(12-9)3(1)8/h(H3,10,11,12). The third-order valence-corrected chi connectivity index (χ3v) is 6.94. The summed E-state index contributed by atoms with van der Waals surface area (Å²) < 4.78 is 6.25. The van der Waals surface area contributed by atoms with Crippen LogP contribution in [0, 0.1) is 10.7 Å². The van der Waals surface area contributed by atoms with Crippen molar-refractivity contribution in [1.29, 1.82) is 0 Å². The molecule has 12 heavy (non-hydrogen) atoms. The lowest BCUT2D eigenvalue weighted by Gasteiger charge is -2.07. The molecule has 0 atom stereocenters. The molecule has 0 saturated heterocycles. The summed E-state index contributed by atoms with van der Waals surface area (Å²) in [6.45, 7) is 0. The van der Waals surface area contributed by atoms with Crippen LogP contribution in [0.4, 0.5) is 11.6 Å². The van der Waals surface area contributed by atoms with Crippen molar-refractivity contribution in [2.24, 2.45) is 0 Å². The first kappa shape index (κ1) is 11.7. The number of nitrogen functional groups attached to an aromatic ring is 1. The van der Waals surface area contributed by atoms with Crippen LogP contribution in [0.15, 0.2) is 0 Å². The Morgan fingerprint density at radius 3 is 2.17 bits per heavy atom. The third kappa shape index (κ3) is 2.37. The first-order valence-corrected chi connectivity index (χ1v) is 7.06. The number of hydrogen-bond acceptors (Lipinski definition) is 3.